The van der Waals surface area contributed by atoms with Gasteiger partial charge in [-0.3, -0.25) is 4.79 Å². The van der Waals surface area contributed by atoms with Gasteiger partial charge in [0.2, 0.25) is 0 Å². The number of hydrogen-bond acceptors (Lipinski definition) is 6. The summed E-state index contributed by atoms with van der Waals surface area (Å²) in [7, 11) is 3.23. The SMILES string of the molecule is CNC(=O)c1c(N)nsc1NCc1cccc(COC)c1. The number of methoxy groups -OCH3 is 1. The highest BCUT2D eigenvalue weighted by molar-refractivity contribution is 7.11. The molecule has 2 aromatic rings. The van der Waals surface area contributed by atoms with Gasteiger partial charge in [0.1, 0.15) is 10.6 Å². The Bertz CT molecular complexity index is 627. The molecule has 0 aliphatic rings. The summed E-state index contributed by atoms with van der Waals surface area (Å²) in [6, 6.07) is 8.05. The first-order chi connectivity index (χ1) is 10.2. The minimum absolute atomic E-state index is 0.239. The number of nitrogen functional groups attached to an aromatic ring is 1. The van der Waals surface area contributed by atoms with Crippen LogP contribution in [0.25, 0.3) is 0 Å². The maximum Gasteiger partial charge on any atom is 0.257 e. The number of nitrogens with zero attached hydrogens (tertiary/aromatic N) is 1. The van der Waals surface area contributed by atoms with Crippen LogP contribution in [0.1, 0.15) is 21.5 Å². The highest BCUT2D eigenvalue weighted by Gasteiger charge is 2.17. The molecule has 0 saturated heterocycles. The molecule has 0 saturated carbocycles. The van der Waals surface area contributed by atoms with Gasteiger partial charge in [0.05, 0.1) is 6.61 Å². The van der Waals surface area contributed by atoms with Gasteiger partial charge in [-0.15, -0.1) is 0 Å². The molecule has 0 radical (unpaired) electrons. The quantitative estimate of drug-likeness (QED) is 0.758. The summed E-state index contributed by atoms with van der Waals surface area (Å²) < 4.78 is 9.14. The molecule has 4 N–H and O–H groups in total. The number of carbonyl (C=O) groups excluding carboxylic acids is 1. The molecule has 0 bridgehead atoms. The Morgan fingerprint density at radius 1 is 1.43 bits per heavy atom. The largest absolute Gasteiger partial charge is 0.382 e. The van der Waals surface area contributed by atoms with E-state index in [0.29, 0.717) is 23.7 Å². The summed E-state index contributed by atoms with van der Waals surface area (Å²) >= 11 is 1.18. The number of hydrogen-bond donors (Lipinski definition) is 3. The fourth-order valence-corrected chi connectivity index (χ4v) is 2.65. The second kappa shape index (κ2) is 7.05. The summed E-state index contributed by atoms with van der Waals surface area (Å²) in [6.45, 7) is 1.16. The van der Waals surface area contributed by atoms with Gasteiger partial charge in [-0.2, -0.15) is 4.37 Å². The third-order valence-corrected chi connectivity index (χ3v) is 3.75. The van der Waals surface area contributed by atoms with Crippen LogP contribution in [0.5, 0.6) is 0 Å². The second-order valence-electron chi connectivity index (χ2n) is 4.46. The van der Waals surface area contributed by atoms with Gasteiger partial charge in [-0.25, -0.2) is 0 Å². The Labute approximate surface area is 127 Å². The zero-order valence-electron chi connectivity index (χ0n) is 12.0. The lowest BCUT2D eigenvalue weighted by molar-refractivity contribution is 0.0965. The molecule has 2 rings (SSSR count). The van der Waals surface area contributed by atoms with Crippen molar-refractivity contribution in [3.63, 3.8) is 0 Å². The van der Waals surface area contributed by atoms with Crippen molar-refractivity contribution in [1.82, 2.24) is 9.69 Å². The topological polar surface area (TPSA) is 89.3 Å². The number of ether oxygens (including phenoxy) is 1. The zero-order chi connectivity index (χ0) is 15.2. The standard InChI is InChI=1S/C14H18N4O2S/c1-16-13(19)11-12(15)18-21-14(11)17-7-9-4-3-5-10(6-9)8-20-2/h3-6,17H,7-8H2,1-2H3,(H2,15,18)(H,16,19). The van der Waals surface area contributed by atoms with Gasteiger partial charge >= 0.3 is 0 Å². The summed E-state index contributed by atoms with van der Waals surface area (Å²) in [5.74, 6) is 0.00636. The van der Waals surface area contributed by atoms with E-state index in [2.05, 4.69) is 21.1 Å². The van der Waals surface area contributed by atoms with Crippen molar-refractivity contribution in [3.8, 4) is 0 Å². The molecular weight excluding hydrogens is 288 g/mol. The van der Waals surface area contributed by atoms with Crippen LogP contribution < -0.4 is 16.4 Å². The molecule has 21 heavy (non-hydrogen) atoms. The molecule has 1 heterocycles. The molecule has 0 atom stereocenters. The van der Waals surface area contributed by atoms with Gasteiger partial charge in [-0.05, 0) is 22.7 Å². The number of rotatable bonds is 6. The molecular formula is C14H18N4O2S. The Morgan fingerprint density at radius 3 is 2.90 bits per heavy atom. The predicted octanol–water partition coefficient (Wildman–Crippen LogP) is 1.84. The third-order valence-electron chi connectivity index (χ3n) is 2.93. The minimum atomic E-state index is -0.239. The van der Waals surface area contributed by atoms with Crippen LogP contribution in [0.4, 0.5) is 10.8 Å². The zero-order valence-corrected chi connectivity index (χ0v) is 12.8. The fourth-order valence-electron chi connectivity index (χ4n) is 1.95. The van der Waals surface area contributed by atoms with E-state index in [9.17, 15) is 4.79 Å². The summed E-state index contributed by atoms with van der Waals surface area (Å²) in [6.07, 6.45) is 0. The number of aromatic nitrogens is 1. The number of amides is 1. The van der Waals surface area contributed by atoms with Gasteiger partial charge in [0, 0.05) is 20.7 Å². The number of benzene rings is 1. The Morgan fingerprint density at radius 2 is 2.19 bits per heavy atom. The molecule has 0 fully saturated rings. The molecule has 1 aromatic heterocycles. The van der Waals surface area contributed by atoms with Crippen molar-refractivity contribution in [2.24, 2.45) is 0 Å². The van der Waals surface area contributed by atoms with E-state index >= 15 is 0 Å². The van der Waals surface area contributed by atoms with Crippen LogP contribution >= 0.6 is 11.5 Å². The van der Waals surface area contributed by atoms with Crippen molar-refractivity contribution in [1.29, 1.82) is 0 Å². The van der Waals surface area contributed by atoms with Gasteiger partial charge in [0.25, 0.3) is 5.91 Å². The monoisotopic (exact) mass is 306 g/mol. The smallest absolute Gasteiger partial charge is 0.257 e. The van der Waals surface area contributed by atoms with E-state index in [1.165, 1.54) is 11.5 Å². The normalized spacial score (nSPS) is 10.4. The van der Waals surface area contributed by atoms with Crippen LogP contribution in [0.3, 0.4) is 0 Å². The summed E-state index contributed by atoms with van der Waals surface area (Å²) in [5.41, 5.74) is 8.33. The molecule has 112 valence electrons. The van der Waals surface area contributed by atoms with E-state index in [-0.39, 0.29) is 11.7 Å². The maximum absolute atomic E-state index is 11.8. The van der Waals surface area contributed by atoms with Crippen molar-refractivity contribution in [3.05, 3.63) is 41.0 Å². The van der Waals surface area contributed by atoms with E-state index < -0.39 is 0 Å². The van der Waals surface area contributed by atoms with E-state index in [1.807, 2.05) is 18.2 Å². The van der Waals surface area contributed by atoms with Crippen LogP contribution in [0.2, 0.25) is 0 Å². The van der Waals surface area contributed by atoms with E-state index in [0.717, 1.165) is 11.1 Å². The number of nitrogens with two attached hydrogens (primary N) is 1. The molecule has 6 nitrogen and oxygen atoms in total. The minimum Gasteiger partial charge on any atom is -0.382 e. The number of anilines is 2. The predicted molar refractivity (Wildman–Crippen MR) is 84.4 cm³/mol. The average molecular weight is 306 g/mol. The summed E-state index contributed by atoms with van der Waals surface area (Å²) in [5, 5.41) is 6.44. The lowest BCUT2D eigenvalue weighted by Gasteiger charge is -2.08. The van der Waals surface area contributed by atoms with E-state index in [1.54, 1.807) is 14.2 Å². The van der Waals surface area contributed by atoms with Gasteiger partial charge in [-0.1, -0.05) is 24.3 Å². The maximum atomic E-state index is 11.8. The van der Waals surface area contributed by atoms with Gasteiger partial charge < -0.3 is 21.1 Å². The molecule has 1 amide bonds. The molecule has 1 aromatic carbocycles. The van der Waals surface area contributed by atoms with Crippen molar-refractivity contribution < 1.29 is 9.53 Å². The first-order valence-electron chi connectivity index (χ1n) is 6.43. The second-order valence-corrected chi connectivity index (χ2v) is 5.23. The van der Waals surface area contributed by atoms with Crippen molar-refractivity contribution in [2.45, 2.75) is 13.2 Å². The van der Waals surface area contributed by atoms with Crippen LogP contribution in [-0.4, -0.2) is 24.4 Å². The first kappa shape index (κ1) is 15.3. The molecule has 0 aliphatic heterocycles. The van der Waals surface area contributed by atoms with E-state index in [4.69, 9.17) is 10.5 Å². The molecule has 0 aliphatic carbocycles. The van der Waals surface area contributed by atoms with Crippen molar-refractivity contribution >= 4 is 28.3 Å². The Hall–Kier alpha value is -2.12. The Kier molecular flexibility index (Phi) is 5.13. The highest BCUT2D eigenvalue weighted by atomic mass is 32.1. The first-order valence-corrected chi connectivity index (χ1v) is 7.21. The van der Waals surface area contributed by atoms with Crippen LogP contribution in [0.15, 0.2) is 24.3 Å². The third kappa shape index (κ3) is 3.71. The number of nitrogens with one attached hydrogen (secondary N) is 2. The molecule has 0 spiro atoms. The van der Waals surface area contributed by atoms with Crippen LogP contribution in [-0.2, 0) is 17.9 Å². The fraction of sp³-hybridized carbons (Fsp3) is 0.286. The Balaban J connectivity index is 2.10. The average Bonchev–Trinajstić information content (AvgIpc) is 2.86. The lowest BCUT2D eigenvalue weighted by Crippen LogP contribution is -2.20. The van der Waals surface area contributed by atoms with Gasteiger partial charge in [0.15, 0.2) is 5.82 Å². The number of carbonyl (C=O) groups is 1. The highest BCUT2D eigenvalue weighted by Crippen LogP contribution is 2.27. The summed E-state index contributed by atoms with van der Waals surface area (Å²) in [4.78, 5) is 11.8. The molecule has 7 heteroatoms. The van der Waals surface area contributed by atoms with Crippen LogP contribution in [0, 0.1) is 0 Å². The van der Waals surface area contributed by atoms with Crippen molar-refractivity contribution in [2.75, 3.05) is 25.2 Å². The molecule has 0 unspecified atom stereocenters. The lowest BCUT2D eigenvalue weighted by atomic mass is 10.1.